The quantitative estimate of drug-likeness (QED) is 0.0965. The van der Waals surface area contributed by atoms with Crippen LogP contribution in [-0.4, -0.2) is 36.1 Å². The third-order valence-corrected chi connectivity index (χ3v) is 6.66. The first kappa shape index (κ1) is 31.9. The zero-order chi connectivity index (χ0) is 24.9. The number of hydrogen-bond donors (Lipinski definition) is 0. The Kier molecular flexibility index (Phi) is 20.7. The normalized spacial score (nSPS) is 13.8. The Balaban J connectivity index is 4.67. The van der Waals surface area contributed by atoms with Gasteiger partial charge >= 0.3 is 5.97 Å². The van der Waals surface area contributed by atoms with Crippen molar-refractivity contribution in [1.29, 1.82) is 0 Å². The van der Waals surface area contributed by atoms with Crippen LogP contribution in [0.5, 0.6) is 0 Å². The summed E-state index contributed by atoms with van der Waals surface area (Å²) in [6.45, 7) is 16.3. The second-order valence-electron chi connectivity index (χ2n) is 10.3. The molecular weight excluding hydrogens is 406 g/mol. The van der Waals surface area contributed by atoms with Crippen LogP contribution in [0.2, 0.25) is 0 Å². The molecule has 0 aliphatic carbocycles. The Hall–Kier alpha value is -1.09. The summed E-state index contributed by atoms with van der Waals surface area (Å²) < 4.78 is 5.61. The molecule has 0 saturated carbocycles. The molecule has 3 nitrogen and oxygen atoms in total. The Bertz CT molecular complexity index is 513. The Morgan fingerprint density at radius 2 is 1.30 bits per heavy atom. The maximum atomic E-state index is 12.7. The minimum atomic E-state index is -0.0842. The van der Waals surface area contributed by atoms with Crippen molar-refractivity contribution in [2.75, 3.05) is 13.2 Å². The van der Waals surface area contributed by atoms with E-state index in [2.05, 4.69) is 65.5 Å². The highest BCUT2D eigenvalue weighted by Gasteiger charge is 2.23. The molecule has 0 aromatic heterocycles. The van der Waals surface area contributed by atoms with E-state index in [-0.39, 0.29) is 5.97 Å². The van der Waals surface area contributed by atoms with Gasteiger partial charge in [0.15, 0.2) is 0 Å². The first-order valence-electron chi connectivity index (χ1n) is 14.0. The van der Waals surface area contributed by atoms with Crippen molar-refractivity contribution in [3.8, 4) is 0 Å². The zero-order valence-electron chi connectivity index (χ0n) is 23.4. The number of allylic oxidation sites excluding steroid dienone is 3. The van der Waals surface area contributed by atoms with Gasteiger partial charge in [0.1, 0.15) is 6.61 Å². The molecule has 0 aromatic carbocycles. The maximum absolute atomic E-state index is 12.7. The molecular formula is C30H57NO2. The summed E-state index contributed by atoms with van der Waals surface area (Å²) in [6.07, 6.45) is 21.7. The summed E-state index contributed by atoms with van der Waals surface area (Å²) >= 11 is 0. The highest BCUT2D eigenvalue weighted by molar-refractivity contribution is 5.71. The third kappa shape index (κ3) is 19.0. The topological polar surface area (TPSA) is 29.5 Å². The molecule has 0 heterocycles. The summed E-state index contributed by atoms with van der Waals surface area (Å²) in [5, 5.41) is 0. The average molecular weight is 464 g/mol. The van der Waals surface area contributed by atoms with Gasteiger partial charge in [0.2, 0.25) is 0 Å². The van der Waals surface area contributed by atoms with Crippen LogP contribution in [0, 0.1) is 0 Å². The van der Waals surface area contributed by atoms with Crippen molar-refractivity contribution in [2.45, 2.75) is 150 Å². The predicted molar refractivity (Wildman–Crippen MR) is 146 cm³/mol. The van der Waals surface area contributed by atoms with E-state index in [1.165, 1.54) is 88.2 Å². The number of rotatable bonds is 21. The number of hydrogen-bond acceptors (Lipinski definition) is 3. The number of carbonyl (C=O) groups is 1. The van der Waals surface area contributed by atoms with Crippen LogP contribution in [0.4, 0.5) is 0 Å². The lowest BCUT2D eigenvalue weighted by atomic mass is 10.0. The minimum absolute atomic E-state index is 0.0842. The number of nitrogens with zero attached hydrogens (tertiary/aromatic N) is 1. The monoisotopic (exact) mass is 463 g/mol. The van der Waals surface area contributed by atoms with Crippen LogP contribution < -0.4 is 0 Å². The van der Waals surface area contributed by atoms with E-state index < -0.39 is 0 Å². The van der Waals surface area contributed by atoms with Crippen molar-refractivity contribution >= 4 is 5.97 Å². The Labute approximate surface area is 207 Å². The molecule has 0 spiro atoms. The van der Waals surface area contributed by atoms with Gasteiger partial charge in [0.25, 0.3) is 0 Å². The Morgan fingerprint density at radius 1 is 0.788 bits per heavy atom. The van der Waals surface area contributed by atoms with E-state index in [1.54, 1.807) is 0 Å². The smallest absolute Gasteiger partial charge is 0.320 e. The number of unbranched alkanes of at least 4 members (excludes halogenated alkanes) is 8. The SMILES string of the molecule is CCCCCCCC(C)N(CC(=O)OC/C=C(\C)CCC=C(C)C)C(C)CCCCCCC. The standard InChI is InChI=1S/C30H57NO2/c1-8-10-12-14-16-21-28(6)31(29(7)22-17-15-13-11-9-2)25-30(32)33-24-23-27(5)20-18-19-26(3)4/h19,23,28-29H,8-18,20-22,24-25H2,1-7H3/b27-23+. The van der Waals surface area contributed by atoms with Crippen molar-refractivity contribution in [3.05, 3.63) is 23.3 Å². The fourth-order valence-electron chi connectivity index (χ4n) is 4.33. The molecule has 2 atom stereocenters. The summed E-state index contributed by atoms with van der Waals surface area (Å²) in [5.74, 6) is -0.0842. The second kappa shape index (κ2) is 21.4. The van der Waals surface area contributed by atoms with Crippen LogP contribution in [0.25, 0.3) is 0 Å². The Morgan fingerprint density at radius 3 is 1.79 bits per heavy atom. The minimum Gasteiger partial charge on any atom is -0.460 e. The first-order valence-corrected chi connectivity index (χ1v) is 14.0. The number of ether oxygens (including phenoxy) is 1. The van der Waals surface area contributed by atoms with Gasteiger partial charge in [-0.25, -0.2) is 0 Å². The number of carbonyl (C=O) groups excluding carboxylic acids is 1. The van der Waals surface area contributed by atoms with Gasteiger partial charge in [-0.2, -0.15) is 0 Å². The molecule has 0 rings (SSSR count). The maximum Gasteiger partial charge on any atom is 0.320 e. The van der Waals surface area contributed by atoms with Gasteiger partial charge in [-0.05, 0) is 66.4 Å². The molecule has 33 heavy (non-hydrogen) atoms. The third-order valence-electron chi connectivity index (χ3n) is 6.66. The molecule has 194 valence electrons. The molecule has 0 aromatic rings. The van der Waals surface area contributed by atoms with Crippen LogP contribution in [0.3, 0.4) is 0 Å². The van der Waals surface area contributed by atoms with Crippen molar-refractivity contribution in [3.63, 3.8) is 0 Å². The van der Waals surface area contributed by atoms with E-state index in [4.69, 9.17) is 4.74 Å². The van der Waals surface area contributed by atoms with Gasteiger partial charge in [-0.15, -0.1) is 0 Å². The molecule has 0 saturated heterocycles. The lowest BCUT2D eigenvalue weighted by molar-refractivity contribution is -0.145. The summed E-state index contributed by atoms with van der Waals surface area (Å²) in [5.41, 5.74) is 2.64. The fourth-order valence-corrected chi connectivity index (χ4v) is 4.33. The van der Waals surface area contributed by atoms with E-state index in [1.807, 2.05) is 0 Å². The van der Waals surface area contributed by atoms with E-state index in [9.17, 15) is 4.79 Å². The lowest BCUT2D eigenvalue weighted by Crippen LogP contribution is -2.44. The van der Waals surface area contributed by atoms with Crippen LogP contribution >= 0.6 is 0 Å². The lowest BCUT2D eigenvalue weighted by Gasteiger charge is -2.34. The second-order valence-corrected chi connectivity index (χ2v) is 10.3. The van der Waals surface area contributed by atoms with Gasteiger partial charge in [0.05, 0.1) is 6.54 Å². The van der Waals surface area contributed by atoms with Gasteiger partial charge < -0.3 is 4.74 Å². The van der Waals surface area contributed by atoms with E-state index >= 15 is 0 Å². The fraction of sp³-hybridized carbons (Fsp3) is 0.833. The summed E-state index contributed by atoms with van der Waals surface area (Å²) in [7, 11) is 0. The van der Waals surface area contributed by atoms with Gasteiger partial charge in [0, 0.05) is 12.1 Å². The molecule has 0 aliphatic rings. The molecule has 0 aliphatic heterocycles. The highest BCUT2D eigenvalue weighted by Crippen LogP contribution is 2.18. The van der Waals surface area contributed by atoms with Gasteiger partial charge in [-0.3, -0.25) is 9.69 Å². The molecule has 0 amide bonds. The first-order chi connectivity index (χ1) is 15.8. The van der Waals surface area contributed by atoms with Crippen LogP contribution in [0.15, 0.2) is 23.3 Å². The largest absolute Gasteiger partial charge is 0.460 e. The molecule has 0 fully saturated rings. The number of esters is 1. The van der Waals surface area contributed by atoms with Crippen molar-refractivity contribution < 1.29 is 9.53 Å². The van der Waals surface area contributed by atoms with E-state index in [0.717, 1.165) is 12.8 Å². The molecule has 0 N–H and O–H groups in total. The van der Waals surface area contributed by atoms with Crippen LogP contribution in [0.1, 0.15) is 138 Å². The highest BCUT2D eigenvalue weighted by atomic mass is 16.5. The summed E-state index contributed by atoms with van der Waals surface area (Å²) in [6, 6.07) is 0.845. The molecule has 0 radical (unpaired) electrons. The van der Waals surface area contributed by atoms with Crippen molar-refractivity contribution in [2.24, 2.45) is 0 Å². The zero-order valence-corrected chi connectivity index (χ0v) is 23.4. The van der Waals surface area contributed by atoms with E-state index in [0.29, 0.717) is 25.2 Å². The average Bonchev–Trinajstić information content (AvgIpc) is 2.76. The molecule has 2 unspecified atom stereocenters. The summed E-state index contributed by atoms with van der Waals surface area (Å²) in [4.78, 5) is 15.1. The van der Waals surface area contributed by atoms with Gasteiger partial charge in [-0.1, -0.05) is 95.3 Å². The molecule has 3 heteroatoms. The van der Waals surface area contributed by atoms with Crippen molar-refractivity contribution in [1.82, 2.24) is 4.90 Å². The van der Waals surface area contributed by atoms with Crippen LogP contribution in [-0.2, 0) is 9.53 Å². The predicted octanol–water partition coefficient (Wildman–Crippen LogP) is 9.02. The molecule has 0 bridgehead atoms.